The molecule has 2 bridgehead atoms. The van der Waals surface area contributed by atoms with Crippen molar-refractivity contribution in [3.63, 3.8) is 0 Å². The van der Waals surface area contributed by atoms with Crippen molar-refractivity contribution in [1.82, 2.24) is 4.90 Å². The van der Waals surface area contributed by atoms with Crippen LogP contribution in [0.3, 0.4) is 0 Å². The quantitative estimate of drug-likeness (QED) is 0.194. The van der Waals surface area contributed by atoms with Gasteiger partial charge in [-0.05, 0) is 70.2 Å². The summed E-state index contributed by atoms with van der Waals surface area (Å²) >= 11 is 1.61. The average molecular weight is 570 g/mol. The molecule has 5 atom stereocenters. The number of carbonyl (C=O) groups is 3. The topological polar surface area (TPSA) is 90.4 Å². The van der Waals surface area contributed by atoms with Gasteiger partial charge in [0.05, 0.1) is 29.8 Å². The lowest BCUT2D eigenvalue weighted by molar-refractivity contribution is -0.154. The molecule has 1 spiro atoms. The second kappa shape index (κ2) is 13.3. The number of allylic oxidation sites excluding steroid dienone is 1. The van der Waals surface area contributed by atoms with Gasteiger partial charge in [-0.2, -0.15) is 0 Å². The van der Waals surface area contributed by atoms with Crippen molar-refractivity contribution in [1.29, 1.82) is 0 Å². The molecule has 8 nitrogen and oxygen atoms in total. The molecule has 3 aliphatic heterocycles. The summed E-state index contributed by atoms with van der Waals surface area (Å²) in [6, 6.07) is 7.11. The Labute approximate surface area is 242 Å². The number of rotatable bonds is 15. The molecule has 3 heterocycles. The number of thioether (sulfide) groups is 1. The van der Waals surface area contributed by atoms with E-state index in [0.717, 1.165) is 50.1 Å². The van der Waals surface area contributed by atoms with Crippen molar-refractivity contribution in [3.05, 3.63) is 49.6 Å². The number of hydrogen-bond donors (Lipinski definition) is 1. The van der Waals surface area contributed by atoms with Crippen LogP contribution in [0.5, 0.6) is 0 Å². The molecular weight excluding hydrogens is 526 g/mol. The number of likely N-dealkylation sites (tertiary alicyclic amines) is 1. The Kier molecular flexibility index (Phi) is 10.0. The zero-order valence-corrected chi connectivity index (χ0v) is 24.6. The molecule has 3 saturated heterocycles. The molecule has 3 aliphatic rings. The van der Waals surface area contributed by atoms with Crippen LogP contribution in [-0.2, 0) is 19.1 Å². The van der Waals surface area contributed by atoms with Gasteiger partial charge >= 0.3 is 5.97 Å². The molecule has 1 aromatic carbocycles. The summed E-state index contributed by atoms with van der Waals surface area (Å²) in [7, 11) is 0. The average Bonchev–Trinajstić information content (AvgIpc) is 3.60. The van der Waals surface area contributed by atoms with Crippen molar-refractivity contribution in [3.8, 4) is 0 Å². The molecule has 40 heavy (non-hydrogen) atoms. The Morgan fingerprint density at radius 3 is 2.48 bits per heavy atom. The molecule has 2 unspecified atom stereocenters. The van der Waals surface area contributed by atoms with E-state index in [1.54, 1.807) is 22.7 Å². The van der Waals surface area contributed by atoms with E-state index in [1.807, 2.05) is 30.3 Å². The van der Waals surface area contributed by atoms with Gasteiger partial charge in [-0.1, -0.05) is 12.2 Å². The molecule has 2 amide bonds. The van der Waals surface area contributed by atoms with Gasteiger partial charge in [0.25, 0.3) is 5.91 Å². The number of anilines is 2. The number of aliphatic hydroxyl groups excluding tert-OH is 1. The molecule has 0 radical (unpaired) electrons. The standard InChI is InChI=1S/C31H43N3O5S/c1-5-9-10-11-21-39-30(38)25-24-16-17-31(40-24)26(25)28(36)34(19-20-35)27(31)29(37)33(18-6-2)23-14-12-22(13-15-23)32(7-3)8-4/h5-6,12-15,24-27,35H,1-2,7-11,16-21H2,3-4H3/t24-,25+,26-,27?,31?/m0/s1. The second-order valence-electron chi connectivity index (χ2n) is 10.7. The largest absolute Gasteiger partial charge is 0.465 e. The number of amides is 2. The normalized spacial score (nSPS) is 26.5. The van der Waals surface area contributed by atoms with Crippen LogP contribution >= 0.6 is 11.8 Å². The van der Waals surface area contributed by atoms with Gasteiger partial charge < -0.3 is 24.5 Å². The number of β-amino-alcohol motifs (C(OH)–C–C–N with tert-alkyl or cyclic N) is 1. The van der Waals surface area contributed by atoms with E-state index >= 15 is 0 Å². The van der Waals surface area contributed by atoms with Gasteiger partial charge in [0.15, 0.2) is 0 Å². The van der Waals surface area contributed by atoms with Crippen molar-refractivity contribution < 1.29 is 24.2 Å². The molecule has 9 heteroatoms. The minimum Gasteiger partial charge on any atom is -0.465 e. The van der Waals surface area contributed by atoms with Crippen LogP contribution in [-0.4, -0.2) is 83.2 Å². The lowest BCUT2D eigenvalue weighted by Gasteiger charge is -2.37. The van der Waals surface area contributed by atoms with Crippen LogP contribution in [0.15, 0.2) is 49.6 Å². The molecule has 0 aliphatic carbocycles. The number of fused-ring (bicyclic) bond motifs is 1. The Morgan fingerprint density at radius 1 is 1.15 bits per heavy atom. The van der Waals surface area contributed by atoms with Crippen LogP contribution in [0, 0.1) is 11.8 Å². The van der Waals surface area contributed by atoms with Gasteiger partial charge in [0, 0.05) is 42.8 Å². The Morgan fingerprint density at radius 2 is 1.85 bits per heavy atom. The number of hydrogen-bond acceptors (Lipinski definition) is 7. The van der Waals surface area contributed by atoms with Crippen molar-refractivity contribution in [2.24, 2.45) is 11.8 Å². The number of aliphatic hydroxyl groups is 1. The summed E-state index contributed by atoms with van der Waals surface area (Å²) in [6.45, 7) is 14.0. The molecule has 3 fully saturated rings. The first-order chi connectivity index (χ1) is 19.4. The first-order valence-electron chi connectivity index (χ1n) is 14.5. The highest BCUT2D eigenvalue weighted by molar-refractivity contribution is 8.02. The third kappa shape index (κ3) is 5.42. The van der Waals surface area contributed by atoms with Gasteiger partial charge in [0.1, 0.15) is 6.04 Å². The van der Waals surface area contributed by atoms with E-state index in [1.165, 1.54) is 4.90 Å². The predicted molar refractivity (Wildman–Crippen MR) is 160 cm³/mol. The molecule has 1 N–H and O–H groups in total. The zero-order chi connectivity index (χ0) is 28.9. The fourth-order valence-corrected chi connectivity index (χ4v) is 8.94. The molecule has 4 rings (SSSR count). The number of esters is 1. The Bertz CT molecular complexity index is 1090. The summed E-state index contributed by atoms with van der Waals surface area (Å²) in [4.78, 5) is 47.1. The SMILES string of the molecule is C=CCCCCOC(=O)[C@@H]1[C@@H]2CCC3(S2)C(C(=O)N(CC=C)c2ccc(N(CC)CC)cc2)N(CCO)C(=O)[C@H]13. The lowest BCUT2D eigenvalue weighted by atomic mass is 9.71. The minimum atomic E-state index is -0.778. The van der Waals surface area contributed by atoms with Crippen LogP contribution in [0.1, 0.15) is 46.0 Å². The van der Waals surface area contributed by atoms with E-state index in [9.17, 15) is 19.5 Å². The van der Waals surface area contributed by atoms with Crippen LogP contribution in [0.2, 0.25) is 0 Å². The molecule has 1 aromatic rings. The summed E-state index contributed by atoms with van der Waals surface area (Å²) in [5.74, 6) is -1.99. The molecular formula is C31H43N3O5S. The maximum Gasteiger partial charge on any atom is 0.310 e. The molecule has 0 saturated carbocycles. The van der Waals surface area contributed by atoms with E-state index in [-0.39, 0.29) is 42.7 Å². The summed E-state index contributed by atoms with van der Waals surface area (Å²) in [6.07, 6.45) is 7.45. The maximum absolute atomic E-state index is 14.4. The van der Waals surface area contributed by atoms with E-state index in [4.69, 9.17) is 4.74 Å². The summed E-state index contributed by atoms with van der Waals surface area (Å²) in [5, 5.41) is 9.83. The summed E-state index contributed by atoms with van der Waals surface area (Å²) < 4.78 is 4.93. The van der Waals surface area contributed by atoms with E-state index < -0.39 is 22.6 Å². The van der Waals surface area contributed by atoms with Crippen molar-refractivity contribution >= 4 is 40.9 Å². The monoisotopic (exact) mass is 569 g/mol. The fraction of sp³-hybridized carbons (Fsp3) is 0.581. The predicted octanol–water partition coefficient (Wildman–Crippen LogP) is 4.03. The Hall–Kier alpha value is -2.78. The van der Waals surface area contributed by atoms with Crippen LogP contribution in [0.25, 0.3) is 0 Å². The first-order valence-corrected chi connectivity index (χ1v) is 15.4. The van der Waals surface area contributed by atoms with E-state index in [0.29, 0.717) is 13.0 Å². The Balaban J connectivity index is 1.62. The summed E-state index contributed by atoms with van der Waals surface area (Å²) in [5.41, 5.74) is 1.80. The minimum absolute atomic E-state index is 0.0465. The van der Waals surface area contributed by atoms with E-state index in [2.05, 4.69) is 31.9 Å². The lowest BCUT2D eigenvalue weighted by Crippen LogP contribution is -2.55. The van der Waals surface area contributed by atoms with Gasteiger partial charge in [-0.25, -0.2) is 0 Å². The fourth-order valence-electron chi connectivity index (χ4n) is 6.74. The van der Waals surface area contributed by atoms with Crippen LogP contribution in [0.4, 0.5) is 11.4 Å². The third-order valence-corrected chi connectivity index (χ3v) is 10.5. The van der Waals surface area contributed by atoms with Crippen molar-refractivity contribution in [2.75, 3.05) is 49.2 Å². The van der Waals surface area contributed by atoms with Crippen LogP contribution < -0.4 is 9.80 Å². The third-order valence-electron chi connectivity index (χ3n) is 8.56. The van der Waals surface area contributed by atoms with Gasteiger partial charge in [-0.3, -0.25) is 14.4 Å². The van der Waals surface area contributed by atoms with Gasteiger partial charge in [-0.15, -0.1) is 24.9 Å². The first kappa shape index (κ1) is 30.2. The number of benzene rings is 1. The molecule has 0 aromatic heterocycles. The number of unbranched alkanes of at least 4 members (excludes halogenated alkanes) is 2. The maximum atomic E-state index is 14.4. The zero-order valence-electron chi connectivity index (χ0n) is 23.8. The van der Waals surface area contributed by atoms with Crippen molar-refractivity contribution in [2.45, 2.75) is 62.0 Å². The van der Waals surface area contributed by atoms with Gasteiger partial charge in [0.2, 0.25) is 5.91 Å². The number of ether oxygens (including phenoxy) is 1. The smallest absolute Gasteiger partial charge is 0.310 e. The highest BCUT2D eigenvalue weighted by Gasteiger charge is 2.74. The second-order valence-corrected chi connectivity index (χ2v) is 12.3. The number of carbonyl (C=O) groups excluding carboxylic acids is 3. The number of nitrogens with zero attached hydrogens (tertiary/aromatic N) is 3. The molecule has 218 valence electrons. The highest BCUT2D eigenvalue weighted by Crippen LogP contribution is 2.66. The highest BCUT2D eigenvalue weighted by atomic mass is 32.2.